The molecule has 0 aliphatic carbocycles. The Morgan fingerprint density at radius 2 is 1.91 bits per heavy atom. The number of methoxy groups -OCH3 is 1. The second kappa shape index (κ2) is 9.18. The van der Waals surface area contributed by atoms with Gasteiger partial charge in [-0.2, -0.15) is 0 Å². The van der Waals surface area contributed by atoms with Crippen molar-refractivity contribution in [1.82, 2.24) is 4.90 Å². The Balaban J connectivity index is 2.52. The first-order chi connectivity index (χ1) is 10.8. The van der Waals surface area contributed by atoms with E-state index in [9.17, 15) is 9.59 Å². The van der Waals surface area contributed by atoms with Gasteiger partial charge in [-0.1, -0.05) is 26.0 Å². The molecule has 128 valence electrons. The first kappa shape index (κ1) is 19.0. The van der Waals surface area contributed by atoms with Gasteiger partial charge in [-0.15, -0.1) is 0 Å². The molecule has 0 bridgehead atoms. The summed E-state index contributed by atoms with van der Waals surface area (Å²) in [5.41, 5.74) is 1.17. The lowest BCUT2D eigenvalue weighted by Gasteiger charge is -2.22. The molecule has 0 aromatic heterocycles. The Bertz CT molecular complexity index is 528. The summed E-state index contributed by atoms with van der Waals surface area (Å²) in [5, 5.41) is 0. The molecule has 23 heavy (non-hydrogen) atoms. The van der Waals surface area contributed by atoms with Crippen molar-refractivity contribution in [3.63, 3.8) is 0 Å². The van der Waals surface area contributed by atoms with E-state index in [1.54, 1.807) is 18.9 Å². The first-order valence-electron chi connectivity index (χ1n) is 7.93. The van der Waals surface area contributed by atoms with Gasteiger partial charge < -0.3 is 14.4 Å². The summed E-state index contributed by atoms with van der Waals surface area (Å²) in [5.74, 6) is 0.732. The Hall–Kier alpha value is -2.04. The summed E-state index contributed by atoms with van der Waals surface area (Å²) in [6.07, 6.45) is 0.310. The molecule has 1 aromatic rings. The number of hydrogen-bond donors (Lipinski definition) is 0. The van der Waals surface area contributed by atoms with Crippen molar-refractivity contribution in [3.05, 3.63) is 29.8 Å². The van der Waals surface area contributed by atoms with Crippen molar-refractivity contribution in [2.75, 3.05) is 20.7 Å². The highest BCUT2D eigenvalue weighted by Crippen LogP contribution is 2.21. The van der Waals surface area contributed by atoms with Crippen molar-refractivity contribution < 1.29 is 19.1 Å². The van der Waals surface area contributed by atoms with Crippen LogP contribution in [-0.4, -0.2) is 43.6 Å². The van der Waals surface area contributed by atoms with Crippen LogP contribution in [0, 0.1) is 0 Å². The van der Waals surface area contributed by atoms with Crippen molar-refractivity contribution in [3.8, 4) is 5.75 Å². The lowest BCUT2D eigenvalue weighted by atomic mass is 10.0. The van der Waals surface area contributed by atoms with E-state index >= 15 is 0 Å². The molecule has 0 fully saturated rings. The van der Waals surface area contributed by atoms with Crippen LogP contribution in [0.1, 0.15) is 45.1 Å². The fourth-order valence-corrected chi connectivity index (χ4v) is 2.18. The van der Waals surface area contributed by atoms with Crippen LogP contribution in [0.2, 0.25) is 0 Å². The molecule has 0 saturated heterocycles. The molecular formula is C18H27NO4. The Morgan fingerprint density at radius 3 is 2.52 bits per heavy atom. The zero-order valence-electron chi connectivity index (χ0n) is 14.7. The maximum atomic E-state index is 12.3. The van der Waals surface area contributed by atoms with E-state index in [0.29, 0.717) is 31.1 Å². The minimum Gasteiger partial charge on any atom is -0.481 e. The molecule has 1 unspecified atom stereocenters. The van der Waals surface area contributed by atoms with Gasteiger partial charge in [0.2, 0.25) is 0 Å². The van der Waals surface area contributed by atoms with E-state index < -0.39 is 6.10 Å². The topological polar surface area (TPSA) is 55.8 Å². The van der Waals surface area contributed by atoms with Gasteiger partial charge in [-0.3, -0.25) is 9.59 Å². The molecule has 0 spiro atoms. The number of nitrogens with zero attached hydrogens (tertiary/aromatic N) is 1. The van der Waals surface area contributed by atoms with Gasteiger partial charge in [-0.05, 0) is 37.0 Å². The van der Waals surface area contributed by atoms with Crippen LogP contribution < -0.4 is 4.74 Å². The minimum absolute atomic E-state index is 0.107. The minimum atomic E-state index is -0.569. The molecule has 1 atom stereocenters. The molecular weight excluding hydrogens is 294 g/mol. The highest BCUT2D eigenvalue weighted by molar-refractivity contribution is 5.80. The number of likely N-dealkylation sites (N-methyl/N-ethyl adjacent to an activating group) is 1. The summed E-state index contributed by atoms with van der Waals surface area (Å²) < 4.78 is 10.3. The largest absolute Gasteiger partial charge is 0.481 e. The second-order valence-corrected chi connectivity index (χ2v) is 5.93. The number of ether oxygens (including phenoxy) is 2. The fourth-order valence-electron chi connectivity index (χ4n) is 2.18. The third-order valence-corrected chi connectivity index (χ3v) is 3.66. The number of hydrogen-bond acceptors (Lipinski definition) is 4. The molecule has 1 aromatic carbocycles. The van der Waals surface area contributed by atoms with Crippen molar-refractivity contribution >= 4 is 11.9 Å². The van der Waals surface area contributed by atoms with E-state index in [0.717, 1.165) is 0 Å². The molecule has 0 radical (unpaired) electrons. The predicted molar refractivity (Wildman–Crippen MR) is 89.5 cm³/mol. The fraction of sp³-hybridized carbons (Fsp3) is 0.556. The molecule has 0 aliphatic rings. The molecule has 0 aliphatic heterocycles. The average Bonchev–Trinajstić information content (AvgIpc) is 2.53. The quantitative estimate of drug-likeness (QED) is 0.691. The monoisotopic (exact) mass is 321 g/mol. The van der Waals surface area contributed by atoms with Crippen LogP contribution in [0.15, 0.2) is 24.3 Å². The normalized spacial score (nSPS) is 11.9. The first-order valence-corrected chi connectivity index (χ1v) is 7.93. The molecule has 1 rings (SSSR count). The third-order valence-electron chi connectivity index (χ3n) is 3.66. The number of esters is 1. The van der Waals surface area contributed by atoms with Crippen molar-refractivity contribution in [1.29, 1.82) is 0 Å². The lowest BCUT2D eigenvalue weighted by molar-refractivity contribution is -0.142. The van der Waals surface area contributed by atoms with Gasteiger partial charge in [0.05, 0.1) is 7.11 Å². The molecule has 5 heteroatoms. The number of amides is 1. The highest BCUT2D eigenvalue weighted by Gasteiger charge is 2.19. The van der Waals surface area contributed by atoms with E-state index in [-0.39, 0.29) is 11.9 Å². The SMILES string of the molecule is COC(=O)CCCN(C)C(=O)C(C)Oc1cccc(C(C)C)c1. The average molecular weight is 321 g/mol. The van der Waals surface area contributed by atoms with Crippen LogP contribution in [0.4, 0.5) is 0 Å². The summed E-state index contributed by atoms with van der Waals surface area (Å²) in [6, 6.07) is 7.80. The van der Waals surface area contributed by atoms with Gasteiger partial charge in [-0.25, -0.2) is 0 Å². The molecule has 0 N–H and O–H groups in total. The Kier molecular flexibility index (Phi) is 7.59. The van der Waals surface area contributed by atoms with Gasteiger partial charge in [0.15, 0.2) is 6.10 Å². The number of rotatable bonds is 8. The molecule has 1 amide bonds. The van der Waals surface area contributed by atoms with E-state index in [4.69, 9.17) is 4.74 Å². The van der Waals surface area contributed by atoms with Crippen molar-refractivity contribution in [2.24, 2.45) is 0 Å². The van der Waals surface area contributed by atoms with Gasteiger partial charge in [0.25, 0.3) is 5.91 Å². The number of benzene rings is 1. The number of carbonyl (C=O) groups excluding carboxylic acids is 2. The summed E-state index contributed by atoms with van der Waals surface area (Å²) in [6.45, 7) is 6.46. The van der Waals surface area contributed by atoms with Crippen LogP contribution in [0.3, 0.4) is 0 Å². The Morgan fingerprint density at radius 1 is 1.22 bits per heavy atom. The predicted octanol–water partition coefficient (Wildman–Crippen LogP) is 2.99. The Labute approximate surface area is 138 Å². The summed E-state index contributed by atoms with van der Waals surface area (Å²) in [7, 11) is 3.07. The summed E-state index contributed by atoms with van der Waals surface area (Å²) >= 11 is 0. The van der Waals surface area contributed by atoms with Gasteiger partial charge >= 0.3 is 5.97 Å². The molecule has 0 heterocycles. The molecule has 0 saturated carbocycles. The van der Waals surface area contributed by atoms with E-state index in [1.807, 2.05) is 24.3 Å². The zero-order chi connectivity index (χ0) is 17.4. The second-order valence-electron chi connectivity index (χ2n) is 5.93. The smallest absolute Gasteiger partial charge is 0.305 e. The number of carbonyl (C=O) groups is 2. The zero-order valence-corrected chi connectivity index (χ0v) is 14.7. The highest BCUT2D eigenvalue weighted by atomic mass is 16.5. The van der Waals surface area contributed by atoms with Crippen LogP contribution in [0.5, 0.6) is 5.75 Å². The maximum absolute atomic E-state index is 12.3. The molecule has 5 nitrogen and oxygen atoms in total. The maximum Gasteiger partial charge on any atom is 0.305 e. The van der Waals surface area contributed by atoms with Crippen molar-refractivity contribution in [2.45, 2.75) is 45.6 Å². The van der Waals surface area contributed by atoms with Crippen LogP contribution >= 0.6 is 0 Å². The van der Waals surface area contributed by atoms with E-state index in [1.165, 1.54) is 12.7 Å². The van der Waals surface area contributed by atoms with Gasteiger partial charge in [0.1, 0.15) is 5.75 Å². The standard InChI is InChI=1S/C18H27NO4/c1-13(2)15-8-6-9-16(12-15)23-14(3)18(21)19(4)11-7-10-17(20)22-5/h6,8-9,12-14H,7,10-11H2,1-5H3. The van der Waals surface area contributed by atoms with Crippen LogP contribution in [0.25, 0.3) is 0 Å². The van der Waals surface area contributed by atoms with E-state index in [2.05, 4.69) is 18.6 Å². The van der Waals surface area contributed by atoms with Gasteiger partial charge in [0, 0.05) is 20.0 Å². The van der Waals surface area contributed by atoms with Crippen LogP contribution in [-0.2, 0) is 14.3 Å². The third kappa shape index (κ3) is 6.30. The summed E-state index contributed by atoms with van der Waals surface area (Å²) in [4.78, 5) is 25.0. The lowest BCUT2D eigenvalue weighted by Crippen LogP contribution is -2.38.